The number of hydrogen-bond acceptors (Lipinski definition) is 5. The second-order valence-corrected chi connectivity index (χ2v) is 8.93. The minimum Gasteiger partial charge on any atom is -0.454 e. The Morgan fingerprint density at radius 1 is 0.649 bits per heavy atom. The molecule has 0 saturated carbocycles. The predicted molar refractivity (Wildman–Crippen MR) is 137 cm³/mol. The van der Waals surface area contributed by atoms with Crippen molar-refractivity contribution in [3.8, 4) is 33.8 Å². The van der Waals surface area contributed by atoms with Crippen LogP contribution in [0.2, 0.25) is 20.1 Å². The van der Waals surface area contributed by atoms with Gasteiger partial charge in [0.25, 0.3) is 11.4 Å². The zero-order chi connectivity index (χ0) is 27.0. The molecule has 0 N–H and O–H groups in total. The van der Waals surface area contributed by atoms with Crippen LogP contribution in [-0.4, -0.2) is 9.85 Å². The van der Waals surface area contributed by atoms with E-state index in [-0.39, 0.29) is 33.8 Å². The van der Waals surface area contributed by atoms with Gasteiger partial charge in [0.15, 0.2) is 0 Å². The molecule has 0 amide bonds. The van der Waals surface area contributed by atoms with E-state index in [1.54, 1.807) is 0 Å². The second-order valence-electron chi connectivity index (χ2n) is 7.36. The Hall–Kier alpha value is -3.50. The number of halogens is 6. The third-order valence-corrected chi connectivity index (χ3v) is 6.51. The molecule has 7 nitrogen and oxygen atoms in total. The van der Waals surface area contributed by atoms with Gasteiger partial charge in [-0.25, -0.2) is 8.78 Å². The Morgan fingerprint density at radius 3 is 1.32 bits per heavy atom. The first kappa shape index (κ1) is 26.6. The fraction of sp³-hybridized carbons (Fsp3) is 0. The van der Waals surface area contributed by atoms with Crippen molar-refractivity contribution >= 4 is 57.8 Å². The molecule has 188 valence electrons. The fourth-order valence-corrected chi connectivity index (χ4v) is 4.72. The van der Waals surface area contributed by atoms with Crippen LogP contribution >= 0.6 is 46.4 Å². The van der Waals surface area contributed by atoms with Gasteiger partial charge in [-0.05, 0) is 12.1 Å². The Bertz CT molecular complexity index is 1480. The third kappa shape index (κ3) is 4.91. The normalized spacial score (nSPS) is 10.9. The number of benzene rings is 4. The van der Waals surface area contributed by atoms with Crippen LogP contribution in [0.3, 0.4) is 0 Å². The van der Waals surface area contributed by atoms with E-state index in [4.69, 9.17) is 51.1 Å². The molecular formula is C24H10Cl4F2N2O5. The van der Waals surface area contributed by atoms with Crippen molar-refractivity contribution < 1.29 is 23.4 Å². The summed E-state index contributed by atoms with van der Waals surface area (Å²) >= 11 is 25.2. The summed E-state index contributed by atoms with van der Waals surface area (Å²) in [6.45, 7) is 0. The molecule has 0 aliphatic carbocycles. The number of nitro groups is 2. The first-order chi connectivity index (χ1) is 17.5. The molecule has 0 radical (unpaired) electrons. The van der Waals surface area contributed by atoms with Gasteiger partial charge in [0.1, 0.15) is 33.2 Å². The van der Waals surface area contributed by atoms with E-state index >= 15 is 0 Å². The number of hydrogen-bond donors (Lipinski definition) is 0. The molecule has 0 heterocycles. The smallest absolute Gasteiger partial charge is 0.297 e. The average Bonchev–Trinajstić information content (AvgIpc) is 2.83. The number of ether oxygens (including phenoxy) is 1. The van der Waals surface area contributed by atoms with Crippen molar-refractivity contribution in [2.24, 2.45) is 0 Å². The summed E-state index contributed by atoms with van der Waals surface area (Å²) in [5, 5.41) is 21.8. The van der Waals surface area contributed by atoms with Crippen molar-refractivity contribution in [1.82, 2.24) is 0 Å². The summed E-state index contributed by atoms with van der Waals surface area (Å²) in [7, 11) is 0. The molecule has 0 fully saturated rings. The molecule has 37 heavy (non-hydrogen) atoms. The van der Waals surface area contributed by atoms with E-state index in [2.05, 4.69) is 0 Å². The van der Waals surface area contributed by atoms with Crippen LogP contribution < -0.4 is 4.74 Å². The minimum absolute atomic E-state index is 0.230. The first-order valence-corrected chi connectivity index (χ1v) is 11.5. The highest BCUT2D eigenvalue weighted by molar-refractivity contribution is 6.40. The number of rotatable bonds is 6. The summed E-state index contributed by atoms with van der Waals surface area (Å²) in [5.41, 5.74) is -2.55. The average molecular weight is 586 g/mol. The minimum atomic E-state index is -0.828. The molecular weight excluding hydrogens is 576 g/mol. The highest BCUT2D eigenvalue weighted by Crippen LogP contribution is 2.51. The van der Waals surface area contributed by atoms with E-state index in [9.17, 15) is 29.0 Å². The van der Waals surface area contributed by atoms with Gasteiger partial charge in [0, 0.05) is 23.3 Å². The van der Waals surface area contributed by atoms with Crippen LogP contribution in [0.15, 0.2) is 60.7 Å². The third-order valence-electron chi connectivity index (χ3n) is 5.18. The summed E-state index contributed by atoms with van der Waals surface area (Å²) in [5.74, 6) is -2.25. The second kappa shape index (κ2) is 10.5. The maximum atomic E-state index is 14.6. The van der Waals surface area contributed by atoms with Crippen LogP contribution in [0, 0.1) is 31.9 Å². The van der Waals surface area contributed by atoms with Gasteiger partial charge in [-0.3, -0.25) is 20.2 Å². The van der Waals surface area contributed by atoms with E-state index < -0.39 is 52.9 Å². The van der Waals surface area contributed by atoms with Crippen LogP contribution in [0.25, 0.3) is 22.3 Å². The Balaban J connectivity index is 1.98. The SMILES string of the molecule is O=[N+]([O-])c1c(Cl)cc(Oc2cc(Cl)c([N+](=O)[O-])c(-c3ccccc3F)c2Cl)c(Cl)c1-c1ccccc1F. The van der Waals surface area contributed by atoms with Crippen molar-refractivity contribution in [3.63, 3.8) is 0 Å². The quantitative estimate of drug-likeness (QED) is 0.166. The van der Waals surface area contributed by atoms with Gasteiger partial charge < -0.3 is 4.74 Å². The maximum absolute atomic E-state index is 14.6. The molecule has 0 bridgehead atoms. The number of nitrogens with zero attached hydrogens (tertiary/aromatic N) is 2. The van der Waals surface area contributed by atoms with Gasteiger partial charge in [-0.2, -0.15) is 0 Å². The van der Waals surface area contributed by atoms with Crippen LogP contribution in [0.4, 0.5) is 20.2 Å². The Morgan fingerprint density at radius 2 is 1.00 bits per heavy atom. The molecule has 0 unspecified atom stereocenters. The van der Waals surface area contributed by atoms with E-state index in [1.165, 1.54) is 36.4 Å². The molecule has 0 aromatic heterocycles. The Labute approximate surface area is 227 Å². The lowest BCUT2D eigenvalue weighted by molar-refractivity contribution is -0.384. The first-order valence-electron chi connectivity index (χ1n) is 10.0. The Kier molecular flexibility index (Phi) is 7.52. The van der Waals surface area contributed by atoms with Crippen LogP contribution in [0.1, 0.15) is 0 Å². The lowest BCUT2D eigenvalue weighted by atomic mass is 10.0. The van der Waals surface area contributed by atoms with Crippen molar-refractivity contribution in [2.45, 2.75) is 0 Å². The summed E-state index contributed by atoms with van der Waals surface area (Å²) < 4.78 is 35.0. The molecule has 4 rings (SSSR count). The topological polar surface area (TPSA) is 95.5 Å². The van der Waals surface area contributed by atoms with E-state index in [0.717, 1.165) is 24.3 Å². The van der Waals surface area contributed by atoms with Gasteiger partial charge in [0.05, 0.1) is 31.0 Å². The zero-order valence-electron chi connectivity index (χ0n) is 18.0. The van der Waals surface area contributed by atoms with Crippen LogP contribution in [-0.2, 0) is 0 Å². The monoisotopic (exact) mass is 584 g/mol. The van der Waals surface area contributed by atoms with Crippen molar-refractivity contribution in [3.05, 3.63) is 113 Å². The standard InChI is InChI=1S/C24H10Cl4F2N2O5/c25-13-9-17(21(27)19(23(13)31(33)34)11-5-1-3-7-15(11)29)37-18-10-14(26)24(32(35)36)20(22(18)28)12-6-2-4-8-16(12)30/h1-10H. The summed E-state index contributed by atoms with van der Waals surface area (Å²) in [4.78, 5) is 21.8. The zero-order valence-corrected chi connectivity index (χ0v) is 21.0. The molecule has 0 atom stereocenters. The largest absolute Gasteiger partial charge is 0.454 e. The molecule has 0 aliphatic rings. The van der Waals surface area contributed by atoms with E-state index in [1.807, 2.05) is 0 Å². The van der Waals surface area contributed by atoms with Gasteiger partial charge >= 0.3 is 0 Å². The molecule has 0 saturated heterocycles. The number of nitro benzene ring substituents is 2. The van der Waals surface area contributed by atoms with E-state index in [0.29, 0.717) is 0 Å². The summed E-state index contributed by atoms with van der Waals surface area (Å²) in [6.07, 6.45) is 0. The lowest BCUT2D eigenvalue weighted by Gasteiger charge is -2.16. The van der Waals surface area contributed by atoms with Crippen LogP contribution in [0.5, 0.6) is 11.5 Å². The highest BCUT2D eigenvalue weighted by atomic mass is 35.5. The molecule has 0 aliphatic heterocycles. The van der Waals surface area contributed by atoms with Crippen molar-refractivity contribution in [1.29, 1.82) is 0 Å². The fourth-order valence-electron chi connectivity index (χ4n) is 3.63. The van der Waals surface area contributed by atoms with Gasteiger partial charge in [0.2, 0.25) is 0 Å². The maximum Gasteiger partial charge on any atom is 0.297 e. The molecule has 4 aromatic rings. The highest BCUT2D eigenvalue weighted by Gasteiger charge is 2.31. The molecule has 4 aromatic carbocycles. The lowest BCUT2D eigenvalue weighted by Crippen LogP contribution is -2.00. The van der Waals surface area contributed by atoms with Gasteiger partial charge in [-0.15, -0.1) is 0 Å². The van der Waals surface area contributed by atoms with Crippen molar-refractivity contribution in [2.75, 3.05) is 0 Å². The predicted octanol–water partition coefficient (Wildman–Crippen LogP) is 9.52. The summed E-state index contributed by atoms with van der Waals surface area (Å²) in [6, 6.07) is 12.3. The molecule has 0 spiro atoms. The van der Waals surface area contributed by atoms with Gasteiger partial charge in [-0.1, -0.05) is 82.8 Å². The molecule has 13 heteroatoms.